The number of hydrogen-bond acceptors (Lipinski definition) is 5. The molecule has 0 unspecified atom stereocenters. The second kappa shape index (κ2) is 7.76. The molecule has 2 N–H and O–H groups in total. The van der Waals surface area contributed by atoms with Gasteiger partial charge < -0.3 is 14.5 Å². The van der Waals surface area contributed by atoms with Crippen molar-refractivity contribution in [1.82, 2.24) is 10.3 Å². The zero-order chi connectivity index (χ0) is 19.6. The van der Waals surface area contributed by atoms with Gasteiger partial charge in [-0.15, -0.1) is 0 Å². The van der Waals surface area contributed by atoms with Crippen LogP contribution in [-0.4, -0.2) is 28.6 Å². The van der Waals surface area contributed by atoms with Crippen LogP contribution in [0.3, 0.4) is 0 Å². The summed E-state index contributed by atoms with van der Waals surface area (Å²) in [7, 11) is 0. The van der Waals surface area contributed by atoms with E-state index < -0.39 is 11.7 Å². The first kappa shape index (κ1) is 19.5. The Morgan fingerprint density at radius 2 is 1.93 bits per heavy atom. The van der Waals surface area contributed by atoms with Crippen LogP contribution in [0.2, 0.25) is 5.02 Å². The fourth-order valence-corrected chi connectivity index (χ4v) is 3.30. The summed E-state index contributed by atoms with van der Waals surface area (Å²) in [6.07, 6.45) is 2.39. The predicted octanol–water partition coefficient (Wildman–Crippen LogP) is 4.50. The molecule has 1 heterocycles. The van der Waals surface area contributed by atoms with E-state index in [0.717, 1.165) is 12.8 Å². The summed E-state index contributed by atoms with van der Waals surface area (Å²) >= 11 is 5.93. The summed E-state index contributed by atoms with van der Waals surface area (Å²) in [5, 5.41) is 6.17. The lowest BCUT2D eigenvalue weighted by Crippen LogP contribution is -2.42. The maximum absolute atomic E-state index is 12.5. The molecule has 8 heteroatoms. The monoisotopic (exact) mass is 393 g/mol. The minimum atomic E-state index is -0.523. The Balaban J connectivity index is 1.50. The topological polar surface area (TPSA) is 93.5 Å². The molecule has 0 spiro atoms. The highest BCUT2D eigenvalue weighted by atomic mass is 35.5. The van der Waals surface area contributed by atoms with Crippen LogP contribution in [-0.2, 0) is 9.53 Å². The number of amides is 2. The second-order valence-electron chi connectivity index (χ2n) is 7.82. The van der Waals surface area contributed by atoms with Crippen molar-refractivity contribution in [2.75, 3.05) is 5.32 Å². The molecule has 0 bridgehead atoms. The van der Waals surface area contributed by atoms with E-state index in [9.17, 15) is 9.59 Å². The number of benzene rings is 1. The predicted molar refractivity (Wildman–Crippen MR) is 103 cm³/mol. The van der Waals surface area contributed by atoms with Gasteiger partial charge in [0.1, 0.15) is 11.1 Å². The molecule has 1 saturated carbocycles. The molecule has 0 saturated heterocycles. The third kappa shape index (κ3) is 5.35. The van der Waals surface area contributed by atoms with Gasteiger partial charge in [-0.25, -0.2) is 4.79 Å². The standard InChI is InChI=1S/C19H24ClN3O4/c1-19(2,3)27-18(25)21-13-7-4-11(5-8-13)16(24)23-17-22-14-10-12(20)6-9-15(14)26-17/h6,9-11,13H,4-5,7-8H2,1-3H3,(H,21,25)(H,22,23,24). The summed E-state index contributed by atoms with van der Waals surface area (Å²) in [6, 6.07) is 5.30. The quantitative estimate of drug-likeness (QED) is 0.800. The number of alkyl carbamates (subject to hydrolysis) is 1. The van der Waals surface area contributed by atoms with Crippen LogP contribution < -0.4 is 10.6 Å². The SMILES string of the molecule is CC(C)(C)OC(=O)NC1CCC(C(=O)Nc2nc3cc(Cl)ccc3o2)CC1. The van der Waals surface area contributed by atoms with Crippen molar-refractivity contribution in [2.24, 2.45) is 5.92 Å². The highest BCUT2D eigenvalue weighted by Crippen LogP contribution is 2.27. The number of rotatable bonds is 3. The van der Waals surface area contributed by atoms with E-state index in [1.807, 2.05) is 20.8 Å². The van der Waals surface area contributed by atoms with E-state index in [4.69, 9.17) is 20.8 Å². The van der Waals surface area contributed by atoms with Gasteiger partial charge in [-0.2, -0.15) is 4.98 Å². The van der Waals surface area contributed by atoms with Crippen molar-refractivity contribution < 1.29 is 18.7 Å². The average Bonchev–Trinajstić information content (AvgIpc) is 2.94. The number of anilines is 1. The zero-order valence-electron chi connectivity index (χ0n) is 15.7. The van der Waals surface area contributed by atoms with E-state index in [1.165, 1.54) is 0 Å². The summed E-state index contributed by atoms with van der Waals surface area (Å²) in [4.78, 5) is 28.6. The third-order valence-corrected chi connectivity index (χ3v) is 4.63. The summed E-state index contributed by atoms with van der Waals surface area (Å²) in [5.74, 6) is -0.261. The van der Waals surface area contributed by atoms with Gasteiger partial charge in [0, 0.05) is 17.0 Å². The average molecular weight is 394 g/mol. The van der Waals surface area contributed by atoms with Gasteiger partial charge in [0.05, 0.1) is 0 Å². The van der Waals surface area contributed by atoms with Crippen LogP contribution >= 0.6 is 11.6 Å². The van der Waals surface area contributed by atoms with Crippen molar-refractivity contribution in [2.45, 2.75) is 58.1 Å². The van der Waals surface area contributed by atoms with Crippen LogP contribution in [0.1, 0.15) is 46.5 Å². The Kier molecular flexibility index (Phi) is 5.60. The third-order valence-electron chi connectivity index (χ3n) is 4.40. The molecule has 1 aliphatic rings. The highest BCUT2D eigenvalue weighted by molar-refractivity contribution is 6.31. The van der Waals surface area contributed by atoms with Crippen molar-refractivity contribution in [3.63, 3.8) is 0 Å². The van der Waals surface area contributed by atoms with Gasteiger partial charge >= 0.3 is 12.1 Å². The van der Waals surface area contributed by atoms with Crippen molar-refractivity contribution in [3.8, 4) is 0 Å². The molecule has 7 nitrogen and oxygen atoms in total. The fraction of sp³-hybridized carbons (Fsp3) is 0.526. The maximum Gasteiger partial charge on any atom is 0.407 e. The van der Waals surface area contributed by atoms with E-state index >= 15 is 0 Å². The smallest absolute Gasteiger partial charge is 0.407 e. The van der Waals surface area contributed by atoms with Gasteiger partial charge in [-0.05, 0) is 64.7 Å². The zero-order valence-corrected chi connectivity index (χ0v) is 16.4. The lowest BCUT2D eigenvalue weighted by atomic mass is 9.85. The number of ether oxygens (including phenoxy) is 1. The molecule has 1 aliphatic carbocycles. The summed E-state index contributed by atoms with van der Waals surface area (Å²) in [6.45, 7) is 5.48. The number of oxazole rings is 1. The molecule has 1 aromatic heterocycles. The largest absolute Gasteiger partial charge is 0.444 e. The Morgan fingerprint density at radius 3 is 2.59 bits per heavy atom. The number of carbonyl (C=O) groups is 2. The van der Waals surface area contributed by atoms with Crippen LogP contribution in [0.15, 0.2) is 22.6 Å². The number of fused-ring (bicyclic) bond motifs is 1. The summed E-state index contributed by atoms with van der Waals surface area (Å²) < 4.78 is 10.8. The normalized spacial score (nSPS) is 20.3. The Morgan fingerprint density at radius 1 is 1.22 bits per heavy atom. The first-order chi connectivity index (χ1) is 12.7. The molecule has 27 heavy (non-hydrogen) atoms. The lowest BCUT2D eigenvalue weighted by Gasteiger charge is -2.29. The lowest BCUT2D eigenvalue weighted by molar-refractivity contribution is -0.121. The number of nitrogens with one attached hydrogen (secondary N) is 2. The molecule has 1 aromatic carbocycles. The first-order valence-corrected chi connectivity index (χ1v) is 9.44. The molecule has 3 rings (SSSR count). The Labute approximate surface area is 162 Å². The van der Waals surface area contributed by atoms with Gasteiger partial charge in [-0.1, -0.05) is 11.6 Å². The van der Waals surface area contributed by atoms with Crippen molar-refractivity contribution in [3.05, 3.63) is 23.2 Å². The number of hydrogen-bond donors (Lipinski definition) is 2. The minimum absolute atomic E-state index is 0.0235. The van der Waals surface area contributed by atoms with E-state index in [-0.39, 0.29) is 23.9 Å². The van der Waals surface area contributed by atoms with Gasteiger partial charge in [0.25, 0.3) is 0 Å². The molecule has 1 fully saturated rings. The number of carbonyl (C=O) groups excluding carboxylic acids is 2. The van der Waals surface area contributed by atoms with Gasteiger partial charge in [0.2, 0.25) is 5.91 Å². The molecule has 2 amide bonds. The molecule has 2 aromatic rings. The van der Waals surface area contributed by atoms with Crippen LogP contribution in [0.25, 0.3) is 11.1 Å². The van der Waals surface area contributed by atoms with Crippen LogP contribution in [0.4, 0.5) is 10.8 Å². The summed E-state index contributed by atoms with van der Waals surface area (Å²) in [5.41, 5.74) is 0.647. The first-order valence-electron chi connectivity index (χ1n) is 9.06. The molecular formula is C19H24ClN3O4. The van der Waals surface area contributed by atoms with Crippen molar-refractivity contribution >= 4 is 40.7 Å². The van der Waals surface area contributed by atoms with Crippen LogP contribution in [0, 0.1) is 5.92 Å². The number of aromatic nitrogens is 1. The molecule has 0 radical (unpaired) electrons. The van der Waals surface area contributed by atoms with Crippen molar-refractivity contribution in [1.29, 1.82) is 0 Å². The van der Waals surface area contributed by atoms with E-state index in [0.29, 0.717) is 29.0 Å². The van der Waals surface area contributed by atoms with Gasteiger partial charge in [0.15, 0.2) is 5.58 Å². The molecular weight excluding hydrogens is 370 g/mol. The molecule has 0 aliphatic heterocycles. The highest BCUT2D eigenvalue weighted by Gasteiger charge is 2.29. The maximum atomic E-state index is 12.5. The molecule has 0 atom stereocenters. The van der Waals surface area contributed by atoms with E-state index in [2.05, 4.69) is 15.6 Å². The van der Waals surface area contributed by atoms with Crippen LogP contribution in [0.5, 0.6) is 0 Å². The van der Waals surface area contributed by atoms with Gasteiger partial charge in [-0.3, -0.25) is 10.1 Å². The Hall–Kier alpha value is -2.28. The second-order valence-corrected chi connectivity index (χ2v) is 8.25. The van der Waals surface area contributed by atoms with E-state index in [1.54, 1.807) is 18.2 Å². The molecule has 146 valence electrons. The Bertz CT molecular complexity index is 835. The minimum Gasteiger partial charge on any atom is -0.444 e. The number of halogens is 1. The fourth-order valence-electron chi connectivity index (χ4n) is 3.14. The number of nitrogens with zero attached hydrogens (tertiary/aromatic N) is 1.